The van der Waals surface area contributed by atoms with Gasteiger partial charge in [-0.15, -0.1) is 0 Å². The zero-order valence-electron chi connectivity index (χ0n) is 26.3. The van der Waals surface area contributed by atoms with E-state index in [-0.39, 0.29) is 41.8 Å². The molecule has 0 radical (unpaired) electrons. The van der Waals surface area contributed by atoms with Gasteiger partial charge in [-0.25, -0.2) is 4.39 Å². The van der Waals surface area contributed by atoms with Crippen LogP contribution >= 0.6 is 0 Å². The largest absolute Gasteiger partial charge is 0.391 e. The predicted molar refractivity (Wildman–Crippen MR) is 160 cm³/mol. The van der Waals surface area contributed by atoms with Crippen LogP contribution in [0.3, 0.4) is 0 Å². The minimum absolute atomic E-state index is 0.0473. The zero-order valence-corrected chi connectivity index (χ0v) is 26.3. The lowest BCUT2D eigenvalue weighted by Gasteiger charge is -2.34. The van der Waals surface area contributed by atoms with Crippen molar-refractivity contribution in [3.63, 3.8) is 0 Å². The summed E-state index contributed by atoms with van der Waals surface area (Å²) in [6.07, 6.45) is 1.71. The van der Waals surface area contributed by atoms with Crippen molar-refractivity contribution in [3.8, 4) is 6.07 Å². The van der Waals surface area contributed by atoms with Gasteiger partial charge in [0.1, 0.15) is 29.5 Å². The number of allylic oxidation sites excluding steroid dienone is 1. The summed E-state index contributed by atoms with van der Waals surface area (Å²) in [6, 6.07) is 4.32. The van der Waals surface area contributed by atoms with Gasteiger partial charge < -0.3 is 26.0 Å². The lowest BCUT2D eigenvalue weighted by Crippen LogP contribution is -2.58. The van der Waals surface area contributed by atoms with Crippen LogP contribution in [0.15, 0.2) is 29.8 Å². The Balaban J connectivity index is 2.19. The summed E-state index contributed by atoms with van der Waals surface area (Å²) in [6.45, 7) is 12.6. The molecule has 43 heavy (non-hydrogen) atoms. The Hall–Kier alpha value is -3.78. The summed E-state index contributed by atoms with van der Waals surface area (Å²) in [5.41, 5.74) is 0.315. The highest BCUT2D eigenvalue weighted by atomic mass is 19.1. The van der Waals surface area contributed by atoms with E-state index in [0.717, 1.165) is 5.56 Å². The molecule has 3 atom stereocenters. The van der Waals surface area contributed by atoms with Crippen LogP contribution in [-0.2, 0) is 25.7 Å². The van der Waals surface area contributed by atoms with Crippen LogP contribution in [-0.4, -0.2) is 64.9 Å². The number of rotatable bonds is 11. The number of nitrogens with zero attached hydrogens (tertiary/aromatic N) is 2. The van der Waals surface area contributed by atoms with Gasteiger partial charge in [0.2, 0.25) is 17.7 Å². The summed E-state index contributed by atoms with van der Waals surface area (Å²) in [7, 11) is 0. The van der Waals surface area contributed by atoms with Gasteiger partial charge in [0.15, 0.2) is 0 Å². The van der Waals surface area contributed by atoms with Crippen molar-refractivity contribution in [3.05, 3.63) is 46.8 Å². The molecule has 1 fully saturated rings. The second-order valence-corrected chi connectivity index (χ2v) is 12.7. The molecule has 1 aromatic carbocycles. The fourth-order valence-corrected chi connectivity index (χ4v) is 4.72. The number of aliphatic hydroxyl groups is 1. The van der Waals surface area contributed by atoms with Crippen LogP contribution in [0.25, 0.3) is 0 Å². The standard InChI is InChI=1S/C32H46FN5O5/c1-19(2)14-24(17-34)30(42)38-12-10-22(11-13-38)16-26(28(40)35-18-23-9-8-20(3)15-25(23)33)36-29(41)27(21(4)39)37-31(43)32(5,6)7/h8-9,14-15,19,21-22,26-27,39H,10-13,16,18H2,1-7H3,(H,35,40)(H,36,41)(H,37,43)/t21-,26?,27+/m1/s1. The highest BCUT2D eigenvalue weighted by Gasteiger charge is 2.34. The summed E-state index contributed by atoms with van der Waals surface area (Å²) < 4.78 is 14.4. The molecular weight excluding hydrogens is 553 g/mol. The first-order chi connectivity index (χ1) is 20.0. The van der Waals surface area contributed by atoms with Gasteiger partial charge in [-0.2, -0.15) is 5.26 Å². The second kappa shape index (κ2) is 15.6. The van der Waals surface area contributed by atoms with E-state index in [1.807, 2.05) is 19.9 Å². The Labute approximate surface area is 254 Å². The maximum Gasteiger partial charge on any atom is 0.264 e. The average Bonchev–Trinajstić information content (AvgIpc) is 2.92. The molecule has 0 saturated carbocycles. The monoisotopic (exact) mass is 599 g/mol. The number of nitrogens with one attached hydrogen (secondary N) is 3. The van der Waals surface area contributed by atoms with Crippen LogP contribution in [0, 0.1) is 41.3 Å². The van der Waals surface area contributed by atoms with E-state index < -0.39 is 47.1 Å². The molecule has 1 unspecified atom stereocenters. The molecule has 236 valence electrons. The lowest BCUT2D eigenvalue weighted by atomic mass is 9.89. The van der Waals surface area contributed by atoms with Gasteiger partial charge in [0, 0.05) is 30.6 Å². The topological polar surface area (TPSA) is 152 Å². The third-order valence-corrected chi connectivity index (χ3v) is 7.35. The fourth-order valence-electron chi connectivity index (χ4n) is 4.72. The van der Waals surface area contributed by atoms with Crippen molar-refractivity contribution in [1.82, 2.24) is 20.9 Å². The first-order valence-corrected chi connectivity index (χ1v) is 14.8. The number of likely N-dealkylation sites (tertiary alicyclic amines) is 1. The van der Waals surface area contributed by atoms with Crippen molar-refractivity contribution in [2.45, 2.75) is 92.5 Å². The molecule has 1 heterocycles. The highest BCUT2D eigenvalue weighted by molar-refractivity contribution is 5.97. The molecule has 0 aromatic heterocycles. The van der Waals surface area contributed by atoms with Crippen molar-refractivity contribution in [2.75, 3.05) is 13.1 Å². The molecule has 2 rings (SSSR count). The molecule has 11 heteroatoms. The quantitative estimate of drug-likeness (QED) is 0.227. The predicted octanol–water partition coefficient (Wildman–Crippen LogP) is 2.88. The number of aryl methyl sites for hydroxylation is 1. The number of hydrogen-bond acceptors (Lipinski definition) is 6. The molecule has 1 aliphatic rings. The van der Waals surface area contributed by atoms with E-state index >= 15 is 0 Å². The fraction of sp³-hybridized carbons (Fsp3) is 0.594. The van der Waals surface area contributed by atoms with Crippen molar-refractivity contribution in [2.24, 2.45) is 17.3 Å². The van der Waals surface area contributed by atoms with Gasteiger partial charge in [0.25, 0.3) is 5.91 Å². The Kier molecular flexibility index (Phi) is 12.9. The third kappa shape index (κ3) is 10.8. The Morgan fingerprint density at radius 1 is 1.12 bits per heavy atom. The molecule has 10 nitrogen and oxygen atoms in total. The number of nitriles is 1. The van der Waals surface area contributed by atoms with E-state index in [4.69, 9.17) is 0 Å². The molecule has 4 amide bonds. The Morgan fingerprint density at radius 3 is 2.26 bits per heavy atom. The SMILES string of the molecule is Cc1ccc(CNC(=O)C(CC2CCN(C(=O)C(C#N)=CC(C)C)CC2)NC(=O)[C@@H](NC(=O)C(C)(C)C)[C@@H](C)O)c(F)c1. The van der Waals surface area contributed by atoms with Crippen LogP contribution in [0.4, 0.5) is 4.39 Å². The van der Waals surface area contributed by atoms with Crippen molar-refractivity contribution < 1.29 is 28.7 Å². The number of amides is 4. The van der Waals surface area contributed by atoms with Crippen molar-refractivity contribution >= 4 is 23.6 Å². The number of carbonyl (C=O) groups is 4. The van der Waals surface area contributed by atoms with Gasteiger partial charge in [-0.1, -0.05) is 52.8 Å². The van der Waals surface area contributed by atoms with Crippen LogP contribution in [0.1, 0.15) is 71.9 Å². The summed E-state index contributed by atoms with van der Waals surface area (Å²) >= 11 is 0. The first-order valence-electron chi connectivity index (χ1n) is 14.8. The second-order valence-electron chi connectivity index (χ2n) is 12.7. The van der Waals surface area contributed by atoms with E-state index in [2.05, 4.69) is 16.0 Å². The normalized spacial score (nSPS) is 16.6. The van der Waals surface area contributed by atoms with Crippen LogP contribution in [0.2, 0.25) is 0 Å². The zero-order chi connectivity index (χ0) is 32.5. The first kappa shape index (κ1) is 35.4. The summed E-state index contributed by atoms with van der Waals surface area (Å²) in [4.78, 5) is 53.7. The van der Waals surface area contributed by atoms with E-state index in [0.29, 0.717) is 25.9 Å². The minimum atomic E-state index is -1.30. The number of piperidine rings is 1. The number of aliphatic hydroxyl groups excluding tert-OH is 1. The Morgan fingerprint density at radius 2 is 1.74 bits per heavy atom. The Bertz CT molecular complexity index is 1240. The van der Waals surface area contributed by atoms with Crippen LogP contribution < -0.4 is 16.0 Å². The van der Waals surface area contributed by atoms with E-state index in [9.17, 15) is 33.9 Å². The molecule has 0 bridgehead atoms. The number of halogens is 1. The lowest BCUT2D eigenvalue weighted by molar-refractivity contribution is -0.137. The molecule has 0 aliphatic carbocycles. The van der Waals surface area contributed by atoms with Gasteiger partial charge in [-0.05, 0) is 56.6 Å². The number of hydrogen-bond donors (Lipinski definition) is 4. The molecule has 1 aliphatic heterocycles. The number of benzene rings is 1. The third-order valence-electron chi connectivity index (χ3n) is 7.35. The van der Waals surface area contributed by atoms with Crippen LogP contribution in [0.5, 0.6) is 0 Å². The minimum Gasteiger partial charge on any atom is -0.391 e. The van der Waals surface area contributed by atoms with E-state index in [1.54, 1.807) is 50.8 Å². The summed E-state index contributed by atoms with van der Waals surface area (Å²) in [5, 5.41) is 27.7. The average molecular weight is 600 g/mol. The van der Waals surface area contributed by atoms with Gasteiger partial charge in [-0.3, -0.25) is 19.2 Å². The number of carbonyl (C=O) groups excluding carboxylic acids is 4. The maximum atomic E-state index is 14.4. The molecule has 0 spiro atoms. The van der Waals surface area contributed by atoms with Crippen molar-refractivity contribution in [1.29, 1.82) is 5.26 Å². The summed E-state index contributed by atoms with van der Waals surface area (Å²) in [5.74, 6) is -2.49. The maximum absolute atomic E-state index is 14.4. The van der Waals surface area contributed by atoms with Gasteiger partial charge >= 0.3 is 0 Å². The van der Waals surface area contributed by atoms with E-state index in [1.165, 1.54) is 13.0 Å². The molecule has 1 aromatic rings. The smallest absolute Gasteiger partial charge is 0.264 e. The highest BCUT2D eigenvalue weighted by Crippen LogP contribution is 2.24. The molecular formula is C32H46FN5O5. The van der Waals surface area contributed by atoms with Gasteiger partial charge in [0.05, 0.1) is 6.10 Å². The molecule has 1 saturated heterocycles. The molecule has 4 N–H and O–H groups in total.